The number of hydrogen-bond acceptors (Lipinski definition) is 6. The van der Waals surface area contributed by atoms with Gasteiger partial charge in [-0.1, -0.05) is 12.1 Å². The second-order valence-corrected chi connectivity index (χ2v) is 6.56. The number of amides is 1. The summed E-state index contributed by atoms with van der Waals surface area (Å²) in [5, 5.41) is 6.55. The van der Waals surface area contributed by atoms with Crippen LogP contribution in [0.25, 0.3) is 10.9 Å². The Kier molecular flexibility index (Phi) is 9.84. The number of carbonyl (C=O) groups is 1. The second kappa shape index (κ2) is 11.3. The van der Waals surface area contributed by atoms with Gasteiger partial charge in [0.1, 0.15) is 11.9 Å². The van der Waals surface area contributed by atoms with Crippen LogP contribution < -0.4 is 16.2 Å². The normalized spacial score (nSPS) is 18.0. The predicted octanol–water partition coefficient (Wildman–Crippen LogP) is 0.692. The molecule has 2 aromatic rings. The number of likely N-dealkylation sites (N-methyl/N-ethyl adjacent to an activating group) is 1. The number of ether oxygens (including phenoxy) is 1. The highest BCUT2D eigenvalue weighted by molar-refractivity contribution is 5.85. The number of carbonyl (C=O) groups excluding carboxylic acids is 1. The average Bonchev–Trinajstić information content (AvgIpc) is 2.66. The fraction of sp³-hybridized carbons (Fsp3) is 0.500. The highest BCUT2D eigenvalue weighted by Crippen LogP contribution is 2.10. The van der Waals surface area contributed by atoms with Crippen LogP contribution in [0, 0.1) is 0 Å². The molecule has 0 radical (unpaired) electrons. The monoisotopic (exact) mass is 431 g/mol. The summed E-state index contributed by atoms with van der Waals surface area (Å²) in [6, 6.07) is 7.46. The van der Waals surface area contributed by atoms with E-state index in [1.165, 1.54) is 0 Å². The van der Waals surface area contributed by atoms with Crippen molar-refractivity contribution >= 4 is 41.6 Å². The number of para-hydroxylation sites is 1. The molecule has 1 amide bonds. The van der Waals surface area contributed by atoms with Crippen molar-refractivity contribution in [3.05, 3.63) is 40.4 Å². The number of aromatic nitrogens is 2. The van der Waals surface area contributed by atoms with E-state index in [1.807, 2.05) is 32.2 Å². The van der Waals surface area contributed by atoms with Gasteiger partial charge in [0.25, 0.3) is 11.5 Å². The van der Waals surface area contributed by atoms with Gasteiger partial charge in [-0.15, -0.1) is 24.8 Å². The number of hydrogen-bond donors (Lipinski definition) is 3. The number of aromatic amines is 1. The highest BCUT2D eigenvalue weighted by Gasteiger charge is 2.27. The van der Waals surface area contributed by atoms with Gasteiger partial charge in [-0.25, -0.2) is 4.98 Å². The maximum Gasteiger partial charge on any atom is 0.258 e. The quantitative estimate of drug-likeness (QED) is 0.622. The van der Waals surface area contributed by atoms with E-state index in [1.54, 1.807) is 6.07 Å². The van der Waals surface area contributed by atoms with Crippen LogP contribution in [-0.4, -0.2) is 66.2 Å². The Morgan fingerprint density at radius 3 is 2.89 bits per heavy atom. The molecule has 1 aromatic carbocycles. The summed E-state index contributed by atoms with van der Waals surface area (Å²) in [5.74, 6) is 0.482. The first kappa shape index (κ1) is 24.3. The van der Waals surface area contributed by atoms with Gasteiger partial charge in [0, 0.05) is 25.7 Å². The van der Waals surface area contributed by atoms with Gasteiger partial charge in [-0.05, 0) is 26.1 Å². The molecule has 156 valence electrons. The Balaban J connectivity index is 0.00000196. The molecule has 0 bridgehead atoms. The largest absolute Gasteiger partial charge is 0.366 e. The number of rotatable bonds is 6. The Hall–Kier alpha value is -1.71. The summed E-state index contributed by atoms with van der Waals surface area (Å²) in [5.41, 5.74) is 0.532. The molecule has 1 aromatic heterocycles. The number of benzene rings is 1. The van der Waals surface area contributed by atoms with Gasteiger partial charge in [-0.3, -0.25) is 14.5 Å². The Morgan fingerprint density at radius 2 is 2.14 bits per heavy atom. The van der Waals surface area contributed by atoms with Crippen LogP contribution in [0.5, 0.6) is 0 Å². The van der Waals surface area contributed by atoms with E-state index < -0.39 is 6.10 Å². The standard InChI is InChI=1S/C18H25N5O3.2ClH/c1-12(19-2)9-20-18(25)15-10-23(7-8-26-15)11-16-21-14-6-4-3-5-13(14)17(24)22-16;;/h3-6,12,15,19H,7-11H2,1-2H3,(H,20,25)(H,21,22,24);2*1H. The number of halogens is 2. The SMILES string of the molecule is CNC(C)CNC(=O)C1CN(Cc2nc3ccccc3c(=O)[nH]2)CCO1.Cl.Cl. The van der Waals surface area contributed by atoms with E-state index in [9.17, 15) is 9.59 Å². The molecule has 3 rings (SSSR count). The zero-order valence-corrected chi connectivity index (χ0v) is 17.6. The molecular formula is C18H27Cl2N5O3. The first-order chi connectivity index (χ1) is 12.6. The van der Waals surface area contributed by atoms with Crippen molar-refractivity contribution in [3.63, 3.8) is 0 Å². The van der Waals surface area contributed by atoms with Crippen molar-refractivity contribution in [1.29, 1.82) is 0 Å². The van der Waals surface area contributed by atoms with Crippen molar-refractivity contribution < 1.29 is 9.53 Å². The van der Waals surface area contributed by atoms with Gasteiger partial charge in [0.05, 0.1) is 24.1 Å². The third-order valence-corrected chi connectivity index (χ3v) is 4.55. The number of nitrogens with zero attached hydrogens (tertiary/aromatic N) is 2. The van der Waals surface area contributed by atoms with Crippen LogP contribution >= 0.6 is 24.8 Å². The smallest absolute Gasteiger partial charge is 0.258 e. The lowest BCUT2D eigenvalue weighted by Crippen LogP contribution is -2.51. The van der Waals surface area contributed by atoms with Gasteiger partial charge in [0.2, 0.25) is 0 Å². The average molecular weight is 432 g/mol. The molecule has 28 heavy (non-hydrogen) atoms. The lowest BCUT2D eigenvalue weighted by Gasteiger charge is -2.31. The summed E-state index contributed by atoms with van der Waals surface area (Å²) in [6.07, 6.45) is -0.514. The van der Waals surface area contributed by atoms with E-state index in [-0.39, 0.29) is 42.3 Å². The molecule has 2 unspecified atom stereocenters. The molecule has 0 spiro atoms. The maximum atomic E-state index is 12.3. The molecule has 1 fully saturated rings. The zero-order valence-electron chi connectivity index (χ0n) is 15.9. The fourth-order valence-corrected chi connectivity index (χ4v) is 2.90. The Morgan fingerprint density at radius 1 is 1.39 bits per heavy atom. The van der Waals surface area contributed by atoms with E-state index in [0.29, 0.717) is 49.5 Å². The number of morpholine rings is 1. The topological polar surface area (TPSA) is 99.4 Å². The summed E-state index contributed by atoms with van der Waals surface area (Å²) in [6.45, 7) is 4.64. The molecule has 8 nitrogen and oxygen atoms in total. The lowest BCUT2D eigenvalue weighted by atomic mass is 10.2. The van der Waals surface area contributed by atoms with Crippen LogP contribution in [0.15, 0.2) is 29.1 Å². The summed E-state index contributed by atoms with van der Waals surface area (Å²) in [7, 11) is 1.85. The van der Waals surface area contributed by atoms with Crippen LogP contribution in [0.1, 0.15) is 12.7 Å². The number of nitrogens with one attached hydrogen (secondary N) is 3. The van der Waals surface area contributed by atoms with E-state index >= 15 is 0 Å². The van der Waals surface area contributed by atoms with Gasteiger partial charge in [-0.2, -0.15) is 0 Å². The van der Waals surface area contributed by atoms with Crippen molar-refractivity contribution in [2.75, 3.05) is 33.3 Å². The van der Waals surface area contributed by atoms with Crippen LogP contribution in [0.4, 0.5) is 0 Å². The lowest BCUT2D eigenvalue weighted by molar-refractivity contribution is -0.138. The Bertz CT molecular complexity index is 832. The van der Waals surface area contributed by atoms with Gasteiger partial charge in [0.15, 0.2) is 0 Å². The van der Waals surface area contributed by atoms with E-state index in [4.69, 9.17) is 4.74 Å². The van der Waals surface area contributed by atoms with Crippen molar-refractivity contribution in [2.45, 2.75) is 25.6 Å². The maximum absolute atomic E-state index is 12.3. The predicted molar refractivity (Wildman–Crippen MR) is 113 cm³/mol. The fourth-order valence-electron chi connectivity index (χ4n) is 2.90. The molecule has 2 heterocycles. The van der Waals surface area contributed by atoms with Gasteiger partial charge >= 0.3 is 0 Å². The van der Waals surface area contributed by atoms with Crippen LogP contribution in [0.2, 0.25) is 0 Å². The third kappa shape index (κ3) is 6.15. The third-order valence-electron chi connectivity index (χ3n) is 4.55. The first-order valence-corrected chi connectivity index (χ1v) is 8.83. The van der Waals surface area contributed by atoms with Crippen molar-refractivity contribution in [1.82, 2.24) is 25.5 Å². The molecule has 1 aliphatic rings. The minimum atomic E-state index is -0.514. The number of fused-ring (bicyclic) bond motifs is 1. The zero-order chi connectivity index (χ0) is 18.5. The molecule has 10 heteroatoms. The van der Waals surface area contributed by atoms with E-state index in [2.05, 4.69) is 25.5 Å². The molecule has 2 atom stereocenters. The number of H-pyrrole nitrogens is 1. The van der Waals surface area contributed by atoms with E-state index in [0.717, 1.165) is 0 Å². The first-order valence-electron chi connectivity index (χ1n) is 8.83. The minimum absolute atomic E-state index is 0. The summed E-state index contributed by atoms with van der Waals surface area (Å²) < 4.78 is 5.60. The van der Waals surface area contributed by atoms with Crippen molar-refractivity contribution in [2.24, 2.45) is 0 Å². The Labute approximate surface area is 176 Å². The summed E-state index contributed by atoms with van der Waals surface area (Å²) in [4.78, 5) is 33.9. The minimum Gasteiger partial charge on any atom is -0.366 e. The summed E-state index contributed by atoms with van der Waals surface area (Å²) >= 11 is 0. The van der Waals surface area contributed by atoms with Crippen molar-refractivity contribution in [3.8, 4) is 0 Å². The molecule has 3 N–H and O–H groups in total. The molecule has 1 saturated heterocycles. The second-order valence-electron chi connectivity index (χ2n) is 6.56. The van der Waals surface area contributed by atoms with Crippen LogP contribution in [0.3, 0.4) is 0 Å². The highest BCUT2D eigenvalue weighted by atomic mass is 35.5. The molecular weight excluding hydrogens is 405 g/mol. The molecule has 0 aliphatic carbocycles. The van der Waals surface area contributed by atoms with Crippen LogP contribution in [-0.2, 0) is 16.1 Å². The molecule has 1 aliphatic heterocycles. The van der Waals surface area contributed by atoms with Gasteiger partial charge < -0.3 is 20.4 Å². The molecule has 0 saturated carbocycles.